The molecule has 2 rings (SSSR count). The molecule has 0 aromatic heterocycles. The highest BCUT2D eigenvalue weighted by Gasteiger charge is 2.14. The molecule has 0 spiro atoms. The Morgan fingerprint density at radius 3 is 2.00 bits per heavy atom. The third kappa shape index (κ3) is 3.81. The second kappa shape index (κ2) is 5.64. The maximum atomic E-state index is 12.2. The van der Waals surface area contributed by atoms with Crippen LogP contribution in [0.1, 0.15) is 5.56 Å². The maximum Gasteiger partial charge on any atom is 0.261 e. The van der Waals surface area contributed by atoms with Crippen molar-refractivity contribution in [2.45, 2.75) is 11.8 Å². The number of halogens is 2. The van der Waals surface area contributed by atoms with Gasteiger partial charge < -0.3 is 0 Å². The molecule has 0 radical (unpaired) electrons. The molecule has 0 aliphatic rings. The van der Waals surface area contributed by atoms with Crippen molar-refractivity contribution in [2.24, 2.45) is 0 Å². The van der Waals surface area contributed by atoms with Gasteiger partial charge in [0, 0.05) is 8.95 Å². The lowest BCUT2D eigenvalue weighted by Gasteiger charge is -2.09. The van der Waals surface area contributed by atoms with Crippen LogP contribution in [0.3, 0.4) is 0 Å². The largest absolute Gasteiger partial charge is 0.280 e. The van der Waals surface area contributed by atoms with Gasteiger partial charge in [-0.15, -0.1) is 0 Å². The number of benzene rings is 2. The number of sulfonamides is 1. The zero-order chi connectivity index (χ0) is 14.0. The molecule has 0 aliphatic carbocycles. The number of hydrogen-bond donors (Lipinski definition) is 1. The minimum absolute atomic E-state index is 0.245. The minimum atomic E-state index is -3.56. The molecule has 0 saturated heterocycles. The number of hydrogen-bond acceptors (Lipinski definition) is 2. The fourth-order valence-corrected chi connectivity index (χ4v) is 3.88. The summed E-state index contributed by atoms with van der Waals surface area (Å²) in [4.78, 5) is 0.245. The first-order valence-corrected chi connectivity index (χ1v) is 8.49. The molecule has 3 nitrogen and oxygen atoms in total. The Bertz CT molecular complexity index is 677. The SMILES string of the molecule is Cc1ccc(S(=O)(=O)Nc2cc(Br)cc(Br)c2)cc1. The minimum Gasteiger partial charge on any atom is -0.280 e. The summed E-state index contributed by atoms with van der Waals surface area (Å²) < 4.78 is 28.5. The lowest BCUT2D eigenvalue weighted by Crippen LogP contribution is -2.12. The van der Waals surface area contributed by atoms with Crippen LogP contribution < -0.4 is 4.72 Å². The van der Waals surface area contributed by atoms with E-state index in [9.17, 15) is 8.42 Å². The van der Waals surface area contributed by atoms with Crippen molar-refractivity contribution in [1.29, 1.82) is 0 Å². The van der Waals surface area contributed by atoms with Gasteiger partial charge in [0.2, 0.25) is 0 Å². The first kappa shape index (κ1) is 14.6. The molecular weight excluding hydrogens is 394 g/mol. The maximum absolute atomic E-state index is 12.2. The van der Waals surface area contributed by atoms with E-state index in [0.717, 1.165) is 14.5 Å². The molecule has 0 atom stereocenters. The molecule has 0 saturated carbocycles. The Labute approximate surface area is 129 Å². The van der Waals surface area contributed by atoms with E-state index < -0.39 is 10.0 Å². The second-order valence-electron chi connectivity index (χ2n) is 4.08. The van der Waals surface area contributed by atoms with Crippen LogP contribution in [0.4, 0.5) is 5.69 Å². The average Bonchev–Trinajstić information content (AvgIpc) is 2.27. The fourth-order valence-electron chi connectivity index (χ4n) is 1.54. The number of anilines is 1. The summed E-state index contributed by atoms with van der Waals surface area (Å²) in [5.41, 5.74) is 1.52. The van der Waals surface area contributed by atoms with E-state index in [0.29, 0.717) is 5.69 Å². The molecule has 0 fully saturated rings. The summed E-state index contributed by atoms with van der Waals surface area (Å²) in [5, 5.41) is 0. The lowest BCUT2D eigenvalue weighted by atomic mass is 10.2. The van der Waals surface area contributed by atoms with Crippen LogP contribution in [0.25, 0.3) is 0 Å². The molecule has 100 valence electrons. The standard InChI is InChI=1S/C13H11Br2NO2S/c1-9-2-4-13(5-3-9)19(17,18)16-12-7-10(14)6-11(15)8-12/h2-8,16H,1H3. The molecule has 0 unspecified atom stereocenters. The fraction of sp³-hybridized carbons (Fsp3) is 0.0769. The van der Waals surface area contributed by atoms with Crippen LogP contribution in [0.15, 0.2) is 56.3 Å². The van der Waals surface area contributed by atoms with Gasteiger partial charge in [0.1, 0.15) is 0 Å². The first-order chi connectivity index (χ1) is 8.87. The van der Waals surface area contributed by atoms with Crippen LogP contribution in [0, 0.1) is 6.92 Å². The van der Waals surface area contributed by atoms with Crippen molar-refractivity contribution in [3.63, 3.8) is 0 Å². The van der Waals surface area contributed by atoms with Gasteiger partial charge in [0.15, 0.2) is 0 Å². The zero-order valence-corrected chi connectivity index (χ0v) is 14.0. The third-order valence-corrected chi connectivity index (χ3v) is 4.76. The van der Waals surface area contributed by atoms with E-state index in [1.54, 1.807) is 36.4 Å². The predicted molar refractivity (Wildman–Crippen MR) is 83.8 cm³/mol. The summed E-state index contributed by atoms with van der Waals surface area (Å²) in [6, 6.07) is 12.0. The molecule has 0 heterocycles. The van der Waals surface area contributed by atoms with E-state index in [1.165, 1.54) is 0 Å². The molecule has 0 aliphatic heterocycles. The summed E-state index contributed by atoms with van der Waals surface area (Å²) in [6.45, 7) is 1.91. The number of rotatable bonds is 3. The highest BCUT2D eigenvalue weighted by Crippen LogP contribution is 2.25. The van der Waals surface area contributed by atoms with E-state index >= 15 is 0 Å². The van der Waals surface area contributed by atoms with Gasteiger partial charge in [-0.2, -0.15) is 0 Å². The van der Waals surface area contributed by atoms with Crippen molar-refractivity contribution in [3.8, 4) is 0 Å². The highest BCUT2D eigenvalue weighted by molar-refractivity contribution is 9.11. The van der Waals surface area contributed by atoms with Gasteiger partial charge in [-0.1, -0.05) is 49.6 Å². The van der Waals surface area contributed by atoms with Gasteiger partial charge in [0.05, 0.1) is 10.6 Å². The van der Waals surface area contributed by atoms with Gasteiger partial charge in [0.25, 0.3) is 10.0 Å². The zero-order valence-electron chi connectivity index (χ0n) is 10.0. The van der Waals surface area contributed by atoms with Crippen molar-refractivity contribution in [1.82, 2.24) is 0 Å². The Kier molecular flexibility index (Phi) is 4.32. The molecular formula is C13H11Br2NO2S. The summed E-state index contributed by atoms with van der Waals surface area (Å²) in [7, 11) is -3.56. The predicted octanol–water partition coefficient (Wildman–Crippen LogP) is 4.32. The summed E-state index contributed by atoms with van der Waals surface area (Å²) >= 11 is 6.64. The summed E-state index contributed by atoms with van der Waals surface area (Å²) in [5.74, 6) is 0. The first-order valence-electron chi connectivity index (χ1n) is 5.42. The van der Waals surface area contributed by atoms with Crippen LogP contribution in [0.2, 0.25) is 0 Å². The Balaban J connectivity index is 2.33. The van der Waals surface area contributed by atoms with Crippen LogP contribution in [-0.2, 0) is 10.0 Å². The van der Waals surface area contributed by atoms with E-state index in [2.05, 4.69) is 36.6 Å². The molecule has 1 N–H and O–H groups in total. The Hall–Kier alpha value is -0.850. The van der Waals surface area contributed by atoms with E-state index in [-0.39, 0.29) is 4.90 Å². The van der Waals surface area contributed by atoms with Crippen LogP contribution in [-0.4, -0.2) is 8.42 Å². The van der Waals surface area contributed by atoms with Crippen molar-refractivity contribution in [2.75, 3.05) is 4.72 Å². The molecule has 0 amide bonds. The van der Waals surface area contributed by atoms with Crippen molar-refractivity contribution < 1.29 is 8.42 Å². The van der Waals surface area contributed by atoms with Crippen LogP contribution in [0.5, 0.6) is 0 Å². The molecule has 6 heteroatoms. The van der Waals surface area contributed by atoms with Gasteiger partial charge >= 0.3 is 0 Å². The second-order valence-corrected chi connectivity index (χ2v) is 7.59. The van der Waals surface area contributed by atoms with Crippen molar-refractivity contribution in [3.05, 3.63) is 57.0 Å². The molecule has 19 heavy (non-hydrogen) atoms. The quantitative estimate of drug-likeness (QED) is 0.827. The smallest absolute Gasteiger partial charge is 0.261 e. The molecule has 2 aromatic rings. The van der Waals surface area contributed by atoms with Gasteiger partial charge in [-0.05, 0) is 37.3 Å². The lowest BCUT2D eigenvalue weighted by molar-refractivity contribution is 0.601. The third-order valence-electron chi connectivity index (χ3n) is 2.45. The molecule has 2 aromatic carbocycles. The van der Waals surface area contributed by atoms with Gasteiger partial charge in [-0.3, -0.25) is 4.72 Å². The van der Waals surface area contributed by atoms with E-state index in [1.807, 2.05) is 13.0 Å². The monoisotopic (exact) mass is 403 g/mol. The normalized spacial score (nSPS) is 11.3. The average molecular weight is 405 g/mol. The number of aryl methyl sites for hydroxylation is 1. The Morgan fingerprint density at radius 2 is 1.47 bits per heavy atom. The molecule has 0 bridgehead atoms. The number of nitrogens with one attached hydrogen (secondary N) is 1. The van der Waals surface area contributed by atoms with E-state index in [4.69, 9.17) is 0 Å². The van der Waals surface area contributed by atoms with Crippen LogP contribution >= 0.6 is 31.9 Å². The van der Waals surface area contributed by atoms with Gasteiger partial charge in [-0.25, -0.2) is 8.42 Å². The summed E-state index contributed by atoms with van der Waals surface area (Å²) in [6.07, 6.45) is 0. The topological polar surface area (TPSA) is 46.2 Å². The highest BCUT2D eigenvalue weighted by atomic mass is 79.9. The Morgan fingerprint density at radius 1 is 0.947 bits per heavy atom. The van der Waals surface area contributed by atoms with Crippen molar-refractivity contribution >= 4 is 47.6 Å².